The molecule has 2 nitrogen and oxygen atoms in total. The van der Waals surface area contributed by atoms with E-state index in [1.165, 1.54) is 19.9 Å². The van der Waals surface area contributed by atoms with Gasteiger partial charge in [-0.15, -0.1) is 0 Å². The van der Waals surface area contributed by atoms with Gasteiger partial charge in [0.15, 0.2) is 0 Å². The van der Waals surface area contributed by atoms with Crippen molar-refractivity contribution in [2.45, 2.75) is 38.5 Å². The zero-order valence-corrected chi connectivity index (χ0v) is 9.81. The molecule has 4 heteroatoms. The molecule has 0 atom stereocenters. The number of aliphatic carboxylic acids is 1. The Bertz CT molecular complexity index is 491. The number of carbonyl (C=O) groups is 1. The van der Waals surface area contributed by atoms with Gasteiger partial charge in [0, 0.05) is 5.56 Å². The van der Waals surface area contributed by atoms with Crippen LogP contribution in [-0.2, 0) is 10.2 Å². The molecular weight excluding hydrogens is 226 g/mol. The number of rotatable bonds is 2. The van der Waals surface area contributed by atoms with Gasteiger partial charge in [0.05, 0.1) is 5.41 Å². The number of carboxylic acid groups (broad SMARTS) is 1. The Morgan fingerprint density at radius 1 is 1.29 bits per heavy atom. The Morgan fingerprint density at radius 3 is 2.29 bits per heavy atom. The molecule has 0 aliphatic heterocycles. The lowest BCUT2D eigenvalue weighted by Gasteiger charge is -2.39. The second-order valence-corrected chi connectivity index (χ2v) is 4.71. The lowest BCUT2D eigenvalue weighted by atomic mass is 9.63. The zero-order valence-electron chi connectivity index (χ0n) is 9.81. The van der Waals surface area contributed by atoms with Crippen LogP contribution in [0.2, 0.25) is 0 Å². The SMILES string of the molecule is Cc1c(F)cc(C2(C(=O)O)CCC2)c(C)c1F. The van der Waals surface area contributed by atoms with E-state index in [0.29, 0.717) is 12.8 Å². The monoisotopic (exact) mass is 240 g/mol. The van der Waals surface area contributed by atoms with Crippen LogP contribution in [0.3, 0.4) is 0 Å². The van der Waals surface area contributed by atoms with Crippen LogP contribution in [0.5, 0.6) is 0 Å². The average molecular weight is 240 g/mol. The first-order valence-electron chi connectivity index (χ1n) is 5.59. The minimum atomic E-state index is -1.08. The van der Waals surface area contributed by atoms with Gasteiger partial charge in [-0.3, -0.25) is 4.79 Å². The zero-order chi connectivity index (χ0) is 12.8. The fourth-order valence-electron chi connectivity index (χ4n) is 2.47. The van der Waals surface area contributed by atoms with E-state index in [9.17, 15) is 18.7 Å². The molecule has 0 heterocycles. The standard InChI is InChI=1S/C13H14F2O2/c1-7-9(6-10(14)8(2)11(7)15)13(12(16)17)4-3-5-13/h6H,3-5H2,1-2H3,(H,16,17). The van der Waals surface area contributed by atoms with Crippen LogP contribution in [0.4, 0.5) is 8.78 Å². The second-order valence-electron chi connectivity index (χ2n) is 4.71. The summed E-state index contributed by atoms with van der Waals surface area (Å²) in [6, 6.07) is 1.18. The summed E-state index contributed by atoms with van der Waals surface area (Å²) in [7, 11) is 0. The molecule has 0 spiro atoms. The van der Waals surface area contributed by atoms with Crippen LogP contribution in [0, 0.1) is 25.5 Å². The van der Waals surface area contributed by atoms with Gasteiger partial charge in [-0.05, 0) is 43.9 Å². The first-order valence-corrected chi connectivity index (χ1v) is 5.59. The maximum atomic E-state index is 13.8. The predicted molar refractivity (Wildman–Crippen MR) is 59.0 cm³/mol. The molecule has 17 heavy (non-hydrogen) atoms. The average Bonchev–Trinajstić information content (AvgIpc) is 2.20. The van der Waals surface area contributed by atoms with Gasteiger partial charge in [0.2, 0.25) is 0 Å². The summed E-state index contributed by atoms with van der Waals surface area (Å²) < 4.78 is 27.3. The van der Waals surface area contributed by atoms with Crippen LogP contribution >= 0.6 is 0 Å². The maximum Gasteiger partial charge on any atom is 0.314 e. The van der Waals surface area contributed by atoms with E-state index < -0.39 is 23.0 Å². The van der Waals surface area contributed by atoms with Gasteiger partial charge < -0.3 is 5.11 Å². The predicted octanol–water partition coefficient (Wildman–Crippen LogP) is 3.09. The van der Waals surface area contributed by atoms with Gasteiger partial charge in [-0.2, -0.15) is 0 Å². The van der Waals surface area contributed by atoms with Crippen molar-refractivity contribution >= 4 is 5.97 Å². The third-order valence-electron chi connectivity index (χ3n) is 3.82. The smallest absolute Gasteiger partial charge is 0.314 e. The van der Waals surface area contributed by atoms with Crippen molar-refractivity contribution in [2.24, 2.45) is 0 Å². The minimum Gasteiger partial charge on any atom is -0.481 e. The van der Waals surface area contributed by atoms with Crippen molar-refractivity contribution in [3.05, 3.63) is 34.4 Å². The molecule has 92 valence electrons. The van der Waals surface area contributed by atoms with Crippen molar-refractivity contribution < 1.29 is 18.7 Å². The second kappa shape index (κ2) is 3.79. The van der Waals surface area contributed by atoms with Crippen molar-refractivity contribution in [3.8, 4) is 0 Å². The molecule has 0 aromatic heterocycles. The summed E-state index contributed by atoms with van der Waals surface area (Å²) in [6.45, 7) is 2.87. The summed E-state index contributed by atoms with van der Waals surface area (Å²) in [5, 5.41) is 9.27. The van der Waals surface area contributed by atoms with Crippen LogP contribution in [-0.4, -0.2) is 11.1 Å². The summed E-state index contributed by atoms with van der Waals surface area (Å²) in [4.78, 5) is 11.3. The quantitative estimate of drug-likeness (QED) is 0.862. The fourth-order valence-corrected chi connectivity index (χ4v) is 2.47. The lowest BCUT2D eigenvalue weighted by molar-refractivity contribution is -0.147. The first-order chi connectivity index (χ1) is 7.90. The van der Waals surface area contributed by atoms with Crippen LogP contribution in [0.25, 0.3) is 0 Å². The first kappa shape index (κ1) is 12.0. The van der Waals surface area contributed by atoms with Crippen LogP contribution < -0.4 is 0 Å². The number of hydrogen-bond acceptors (Lipinski definition) is 1. The molecule has 1 aromatic carbocycles. The summed E-state index contributed by atoms with van der Waals surface area (Å²) >= 11 is 0. The third-order valence-corrected chi connectivity index (χ3v) is 3.82. The summed E-state index contributed by atoms with van der Waals surface area (Å²) in [5.74, 6) is -2.29. The summed E-state index contributed by atoms with van der Waals surface area (Å²) in [6.07, 6.45) is 1.68. The van der Waals surface area contributed by atoms with Crippen LogP contribution in [0.15, 0.2) is 6.07 Å². The topological polar surface area (TPSA) is 37.3 Å². The van der Waals surface area contributed by atoms with E-state index in [4.69, 9.17) is 0 Å². The van der Waals surface area contributed by atoms with Crippen molar-refractivity contribution in [2.75, 3.05) is 0 Å². The van der Waals surface area contributed by atoms with Gasteiger partial charge in [0.1, 0.15) is 11.6 Å². The van der Waals surface area contributed by atoms with Gasteiger partial charge >= 0.3 is 5.97 Å². The third kappa shape index (κ3) is 1.54. The molecule has 0 unspecified atom stereocenters. The number of carboxylic acids is 1. The molecule has 1 aliphatic carbocycles. The summed E-state index contributed by atoms with van der Waals surface area (Å²) in [5.41, 5.74) is -0.589. The van der Waals surface area contributed by atoms with Gasteiger partial charge in [-0.1, -0.05) is 6.42 Å². The van der Waals surface area contributed by atoms with Crippen LogP contribution in [0.1, 0.15) is 36.0 Å². The Balaban J connectivity index is 2.64. The maximum absolute atomic E-state index is 13.8. The highest BCUT2D eigenvalue weighted by atomic mass is 19.1. The molecule has 1 aliphatic rings. The lowest BCUT2D eigenvalue weighted by Crippen LogP contribution is -2.43. The minimum absolute atomic E-state index is 0.0499. The molecule has 0 bridgehead atoms. The normalized spacial score (nSPS) is 17.6. The largest absolute Gasteiger partial charge is 0.481 e. The number of benzene rings is 1. The van der Waals surface area contributed by atoms with E-state index in [0.717, 1.165) is 6.42 Å². The Kier molecular flexibility index (Phi) is 2.68. The highest BCUT2D eigenvalue weighted by Crippen LogP contribution is 2.46. The molecule has 0 radical (unpaired) electrons. The van der Waals surface area contributed by atoms with Gasteiger partial charge in [-0.25, -0.2) is 8.78 Å². The van der Waals surface area contributed by atoms with Crippen molar-refractivity contribution in [1.82, 2.24) is 0 Å². The number of halogens is 2. The molecule has 1 fully saturated rings. The molecule has 1 N–H and O–H groups in total. The molecule has 1 aromatic rings. The van der Waals surface area contributed by atoms with Gasteiger partial charge in [0.25, 0.3) is 0 Å². The fraction of sp³-hybridized carbons (Fsp3) is 0.462. The molecule has 0 amide bonds. The Labute approximate surface area is 98.3 Å². The van der Waals surface area contributed by atoms with E-state index >= 15 is 0 Å². The molecular formula is C13H14F2O2. The number of hydrogen-bond donors (Lipinski definition) is 1. The molecule has 2 rings (SSSR count). The van der Waals surface area contributed by atoms with E-state index in [-0.39, 0.29) is 16.7 Å². The Morgan fingerprint density at radius 2 is 1.88 bits per heavy atom. The van der Waals surface area contributed by atoms with Crippen molar-refractivity contribution in [1.29, 1.82) is 0 Å². The molecule has 1 saturated carbocycles. The molecule has 0 saturated heterocycles. The van der Waals surface area contributed by atoms with E-state index in [2.05, 4.69) is 0 Å². The highest BCUT2D eigenvalue weighted by molar-refractivity contribution is 5.83. The van der Waals surface area contributed by atoms with Crippen molar-refractivity contribution in [3.63, 3.8) is 0 Å². The Hall–Kier alpha value is -1.45. The van der Waals surface area contributed by atoms with E-state index in [1.807, 2.05) is 0 Å². The highest BCUT2D eigenvalue weighted by Gasteiger charge is 2.47. The van der Waals surface area contributed by atoms with E-state index in [1.54, 1.807) is 0 Å².